The number of nitrogens with one attached hydrogen (secondary N) is 1. The normalized spacial score (nSPS) is 22.2. The zero-order valence-electron chi connectivity index (χ0n) is 20.9. The molecule has 0 bridgehead atoms. The van der Waals surface area contributed by atoms with Gasteiger partial charge in [-0.1, -0.05) is 18.7 Å². The summed E-state index contributed by atoms with van der Waals surface area (Å²) in [7, 11) is 4.29. The van der Waals surface area contributed by atoms with Crippen LogP contribution in [-0.4, -0.2) is 64.1 Å². The molecule has 2 aliphatic rings. The number of fused-ring (bicyclic) bond motifs is 1. The van der Waals surface area contributed by atoms with Crippen LogP contribution in [0.3, 0.4) is 0 Å². The fourth-order valence-corrected chi connectivity index (χ4v) is 5.49. The molecule has 3 aromatic rings. The van der Waals surface area contributed by atoms with Gasteiger partial charge in [0.05, 0.1) is 11.9 Å². The van der Waals surface area contributed by atoms with Gasteiger partial charge in [-0.2, -0.15) is 0 Å². The number of imidazole rings is 1. The Morgan fingerprint density at radius 2 is 1.74 bits per heavy atom. The van der Waals surface area contributed by atoms with Crippen molar-refractivity contribution in [3.8, 4) is 11.3 Å². The van der Waals surface area contributed by atoms with Crippen LogP contribution in [0.25, 0.3) is 22.0 Å². The van der Waals surface area contributed by atoms with Gasteiger partial charge in [0, 0.05) is 62.6 Å². The van der Waals surface area contributed by atoms with Gasteiger partial charge in [-0.15, -0.1) is 0 Å². The van der Waals surface area contributed by atoms with Gasteiger partial charge in [0.2, 0.25) is 0 Å². The van der Waals surface area contributed by atoms with Gasteiger partial charge >= 0.3 is 0 Å². The van der Waals surface area contributed by atoms with Crippen LogP contribution >= 0.6 is 0 Å². The molecule has 1 N–H and O–H groups in total. The summed E-state index contributed by atoms with van der Waals surface area (Å²) >= 11 is 0. The van der Waals surface area contributed by atoms with Crippen LogP contribution in [0.15, 0.2) is 48.9 Å². The van der Waals surface area contributed by atoms with Gasteiger partial charge in [0.15, 0.2) is 0 Å². The molecule has 0 unspecified atom stereocenters. The summed E-state index contributed by atoms with van der Waals surface area (Å²) in [4.78, 5) is 14.2. The third-order valence-corrected chi connectivity index (χ3v) is 7.98. The average molecular weight is 459 g/mol. The predicted octanol–water partition coefficient (Wildman–Crippen LogP) is 4.92. The largest absolute Gasteiger partial charge is 0.344 e. The van der Waals surface area contributed by atoms with Crippen molar-refractivity contribution in [2.45, 2.75) is 32.6 Å². The Hall–Kier alpha value is -2.70. The summed E-state index contributed by atoms with van der Waals surface area (Å²) in [6, 6.07) is 8.66. The molecule has 1 aliphatic carbocycles. The lowest BCUT2D eigenvalue weighted by molar-refractivity contribution is 0.121. The third-order valence-electron chi connectivity index (χ3n) is 7.98. The molecular weight excluding hydrogens is 420 g/mol. The number of aromatic nitrogens is 3. The van der Waals surface area contributed by atoms with Crippen LogP contribution in [0.1, 0.15) is 31.5 Å². The van der Waals surface area contributed by atoms with Gasteiger partial charge < -0.3 is 19.7 Å². The Morgan fingerprint density at radius 1 is 0.971 bits per heavy atom. The predicted molar refractivity (Wildman–Crippen MR) is 141 cm³/mol. The quantitative estimate of drug-likeness (QED) is 0.568. The van der Waals surface area contributed by atoms with Crippen molar-refractivity contribution in [1.82, 2.24) is 24.3 Å². The van der Waals surface area contributed by atoms with Crippen molar-refractivity contribution in [3.63, 3.8) is 0 Å². The first kappa shape index (κ1) is 23.1. The van der Waals surface area contributed by atoms with Gasteiger partial charge in [-0.05, 0) is 69.0 Å². The Labute approximate surface area is 203 Å². The minimum Gasteiger partial charge on any atom is -0.344 e. The molecule has 2 fully saturated rings. The van der Waals surface area contributed by atoms with E-state index in [4.69, 9.17) is 0 Å². The summed E-state index contributed by atoms with van der Waals surface area (Å²) in [5, 5.41) is 5.86. The molecule has 5 rings (SSSR count). The van der Waals surface area contributed by atoms with E-state index in [1.165, 1.54) is 69.4 Å². The molecule has 0 radical (unpaired) electrons. The highest BCUT2D eigenvalue weighted by Gasteiger charge is 2.26. The van der Waals surface area contributed by atoms with E-state index in [1.807, 2.05) is 19.3 Å². The Kier molecular flexibility index (Phi) is 6.70. The highest BCUT2D eigenvalue weighted by molar-refractivity contribution is 5.88. The molecular formula is C28H38N6. The zero-order valence-corrected chi connectivity index (χ0v) is 20.9. The van der Waals surface area contributed by atoms with Gasteiger partial charge in [0.1, 0.15) is 11.6 Å². The third kappa shape index (κ3) is 5.03. The summed E-state index contributed by atoms with van der Waals surface area (Å²) < 4.78 is 2.13. The van der Waals surface area contributed by atoms with Gasteiger partial charge in [-0.3, -0.25) is 0 Å². The maximum absolute atomic E-state index is 4.66. The van der Waals surface area contributed by atoms with E-state index in [9.17, 15) is 0 Å². The summed E-state index contributed by atoms with van der Waals surface area (Å²) in [6.07, 6.45) is 8.95. The number of anilines is 1. The summed E-state index contributed by atoms with van der Waals surface area (Å²) in [5.74, 6) is 3.27. The number of benzene rings is 1. The molecule has 1 aliphatic heterocycles. The topological polar surface area (TPSA) is 49.2 Å². The lowest BCUT2D eigenvalue weighted by Gasteiger charge is -2.37. The van der Waals surface area contributed by atoms with E-state index in [-0.39, 0.29) is 0 Å². The fourth-order valence-electron chi connectivity index (χ4n) is 5.49. The van der Waals surface area contributed by atoms with Crippen molar-refractivity contribution in [2.75, 3.05) is 45.1 Å². The molecule has 1 saturated heterocycles. The molecule has 180 valence electrons. The second kappa shape index (κ2) is 9.88. The molecule has 6 heteroatoms. The van der Waals surface area contributed by atoms with Crippen molar-refractivity contribution < 1.29 is 0 Å². The molecule has 0 amide bonds. The monoisotopic (exact) mass is 458 g/mol. The fraction of sp³-hybridized carbons (Fsp3) is 0.500. The van der Waals surface area contributed by atoms with Crippen LogP contribution in [0.5, 0.6) is 0 Å². The first-order valence-electron chi connectivity index (χ1n) is 12.7. The molecule has 2 aromatic heterocycles. The van der Waals surface area contributed by atoms with E-state index in [2.05, 4.69) is 74.6 Å². The standard InChI is InChI=1S/C28H38N6/c1-20(23-7-5-22(6-8-23)19-34-13-11-32(3)12-14-34)31-28-16-26-15-24(9-10-25(26)17-30-28)27-18-29-21(2)33(27)4/h9-10,15-18,22-23H,1,5-8,11-14,19H2,2-4H3,(H,30,31). The smallest absolute Gasteiger partial charge is 0.130 e. The van der Waals surface area contributed by atoms with Crippen LogP contribution in [0.2, 0.25) is 0 Å². The number of hydrogen-bond acceptors (Lipinski definition) is 5. The second-order valence-corrected chi connectivity index (χ2v) is 10.4. The number of piperazine rings is 1. The zero-order chi connectivity index (χ0) is 23.7. The van der Waals surface area contributed by atoms with E-state index in [0.29, 0.717) is 5.92 Å². The minimum absolute atomic E-state index is 0.532. The molecule has 6 nitrogen and oxygen atoms in total. The molecule has 0 atom stereocenters. The maximum Gasteiger partial charge on any atom is 0.130 e. The van der Waals surface area contributed by atoms with E-state index < -0.39 is 0 Å². The SMILES string of the molecule is C=C(Nc1cc2cc(-c3cnc(C)n3C)ccc2cn1)C1CCC(CN2CCN(C)CC2)CC1. The van der Waals surface area contributed by atoms with E-state index in [0.717, 1.165) is 34.3 Å². The first-order valence-corrected chi connectivity index (χ1v) is 12.7. The van der Waals surface area contributed by atoms with Crippen molar-refractivity contribution in [2.24, 2.45) is 18.9 Å². The maximum atomic E-state index is 4.66. The number of nitrogens with zero attached hydrogens (tertiary/aromatic N) is 5. The number of likely N-dealkylation sites (N-methyl/N-ethyl adjacent to an activating group) is 1. The number of pyridine rings is 1. The lowest BCUT2D eigenvalue weighted by atomic mass is 9.80. The first-order chi connectivity index (χ1) is 16.5. The Balaban J connectivity index is 1.19. The summed E-state index contributed by atoms with van der Waals surface area (Å²) in [5.41, 5.74) is 3.41. The molecule has 1 saturated carbocycles. The number of allylic oxidation sites excluding steroid dienone is 1. The van der Waals surface area contributed by atoms with Crippen molar-refractivity contribution in [3.05, 3.63) is 54.8 Å². The van der Waals surface area contributed by atoms with E-state index >= 15 is 0 Å². The average Bonchev–Trinajstić information content (AvgIpc) is 3.18. The molecule has 0 spiro atoms. The molecule has 1 aromatic carbocycles. The molecule has 34 heavy (non-hydrogen) atoms. The van der Waals surface area contributed by atoms with Crippen LogP contribution < -0.4 is 5.32 Å². The van der Waals surface area contributed by atoms with Crippen LogP contribution in [-0.2, 0) is 7.05 Å². The summed E-state index contributed by atoms with van der Waals surface area (Å²) in [6.45, 7) is 12.6. The van der Waals surface area contributed by atoms with E-state index in [1.54, 1.807) is 0 Å². The van der Waals surface area contributed by atoms with Gasteiger partial charge in [-0.25, -0.2) is 9.97 Å². The van der Waals surface area contributed by atoms with Crippen LogP contribution in [0, 0.1) is 18.8 Å². The minimum atomic E-state index is 0.532. The molecule has 3 heterocycles. The van der Waals surface area contributed by atoms with Crippen molar-refractivity contribution >= 4 is 16.6 Å². The number of aryl methyl sites for hydroxylation is 1. The van der Waals surface area contributed by atoms with Crippen LogP contribution in [0.4, 0.5) is 5.82 Å². The number of hydrogen-bond donors (Lipinski definition) is 1. The van der Waals surface area contributed by atoms with Crippen molar-refractivity contribution in [1.29, 1.82) is 0 Å². The Bertz CT molecular complexity index is 1150. The van der Waals surface area contributed by atoms with Gasteiger partial charge in [0.25, 0.3) is 0 Å². The highest BCUT2D eigenvalue weighted by atomic mass is 15.2. The lowest BCUT2D eigenvalue weighted by Crippen LogP contribution is -2.46. The second-order valence-electron chi connectivity index (χ2n) is 10.4. The highest BCUT2D eigenvalue weighted by Crippen LogP contribution is 2.34. The Morgan fingerprint density at radius 3 is 2.44 bits per heavy atom. The number of rotatable bonds is 6.